The molecule has 0 spiro atoms. The largest absolute Gasteiger partial charge is 0.381 e. The van der Waals surface area contributed by atoms with E-state index in [0.717, 1.165) is 36.9 Å². The minimum Gasteiger partial charge on any atom is -0.381 e. The predicted octanol–water partition coefficient (Wildman–Crippen LogP) is 5.67. The van der Waals surface area contributed by atoms with Crippen molar-refractivity contribution in [2.75, 3.05) is 19.8 Å². The Kier molecular flexibility index (Phi) is 6.16. The number of rotatable bonds is 6. The molecule has 172 valence electrons. The Hall–Kier alpha value is -2.41. The fraction of sp³-hybridized carbons (Fsp3) is 0.360. The van der Waals surface area contributed by atoms with Crippen molar-refractivity contribution < 1.29 is 13.9 Å². The van der Waals surface area contributed by atoms with Gasteiger partial charge in [0.2, 0.25) is 0 Å². The highest BCUT2D eigenvalue weighted by Gasteiger charge is 2.37. The van der Waals surface area contributed by atoms with E-state index in [-0.39, 0.29) is 23.1 Å². The number of ether oxygens (including phenoxy) is 1. The second-order valence-corrected chi connectivity index (χ2v) is 9.65. The number of nitrogens with zero attached hydrogens (tertiary/aromatic N) is 2. The zero-order valence-electron chi connectivity index (χ0n) is 18.0. The molecule has 3 aromatic rings. The molecule has 8 heteroatoms. The normalized spacial score (nSPS) is 17.7. The third-order valence-electron chi connectivity index (χ3n) is 6.65. The summed E-state index contributed by atoms with van der Waals surface area (Å²) >= 11 is 12.5. The van der Waals surface area contributed by atoms with Gasteiger partial charge >= 0.3 is 0 Å². The van der Waals surface area contributed by atoms with Gasteiger partial charge in [-0.15, -0.1) is 0 Å². The molecule has 0 atom stereocenters. The smallest absolute Gasteiger partial charge is 0.254 e. The molecule has 2 aliphatic rings. The third kappa shape index (κ3) is 4.52. The molecule has 0 radical (unpaired) electrons. The molecular weight excluding hydrogens is 464 g/mol. The lowest BCUT2D eigenvalue weighted by molar-refractivity contribution is 0.0487. The van der Waals surface area contributed by atoms with Crippen LogP contribution in [0.4, 0.5) is 4.39 Å². The lowest BCUT2D eigenvalue weighted by Gasteiger charge is -2.38. The number of aromatic nitrogens is 2. The number of benzene rings is 2. The molecule has 2 fully saturated rings. The zero-order chi connectivity index (χ0) is 23.0. The van der Waals surface area contributed by atoms with E-state index in [1.807, 2.05) is 18.2 Å². The van der Waals surface area contributed by atoms with Crippen molar-refractivity contribution in [2.45, 2.75) is 37.0 Å². The van der Waals surface area contributed by atoms with Crippen molar-refractivity contribution in [1.29, 1.82) is 0 Å². The third-order valence-corrected chi connectivity index (χ3v) is 7.18. The lowest BCUT2D eigenvalue weighted by Crippen LogP contribution is -2.44. The molecule has 1 saturated heterocycles. The standard InChI is InChI=1S/C25H24Cl2FN3O2/c26-18-5-8-22(21(27)13-18)31-23(16-1-2-16)20(14-30-31)24(32)29-15-25(9-11-33-12-10-25)17-3-6-19(28)7-4-17/h3-8,13-14,16H,1-2,9-12,15H2,(H,29,32). The van der Waals surface area contributed by atoms with Crippen molar-refractivity contribution in [3.8, 4) is 5.69 Å². The fourth-order valence-electron chi connectivity index (χ4n) is 4.61. The highest BCUT2D eigenvalue weighted by molar-refractivity contribution is 6.35. The van der Waals surface area contributed by atoms with E-state index in [1.165, 1.54) is 12.1 Å². The number of amides is 1. The number of hydrogen-bond donors (Lipinski definition) is 1. The summed E-state index contributed by atoms with van der Waals surface area (Å²) < 4.78 is 20.8. The van der Waals surface area contributed by atoms with E-state index >= 15 is 0 Å². The van der Waals surface area contributed by atoms with Gasteiger partial charge in [0, 0.05) is 36.1 Å². The van der Waals surface area contributed by atoms with E-state index in [2.05, 4.69) is 10.4 Å². The molecule has 33 heavy (non-hydrogen) atoms. The maximum absolute atomic E-state index is 13.5. The molecule has 1 aromatic heterocycles. The van der Waals surface area contributed by atoms with Crippen LogP contribution in [0, 0.1) is 5.82 Å². The van der Waals surface area contributed by atoms with Crippen molar-refractivity contribution in [2.24, 2.45) is 0 Å². The van der Waals surface area contributed by atoms with Crippen molar-refractivity contribution in [1.82, 2.24) is 15.1 Å². The second-order valence-electron chi connectivity index (χ2n) is 8.81. The number of hydrogen-bond acceptors (Lipinski definition) is 3. The Labute approximate surface area is 201 Å². The molecule has 2 aromatic carbocycles. The van der Waals surface area contributed by atoms with E-state index in [1.54, 1.807) is 23.0 Å². The fourth-order valence-corrected chi connectivity index (χ4v) is 5.09. The van der Waals surface area contributed by atoms with Gasteiger partial charge in [-0.25, -0.2) is 9.07 Å². The average molecular weight is 488 g/mol. The van der Waals surface area contributed by atoms with Gasteiger partial charge in [0.15, 0.2) is 0 Å². The minimum atomic E-state index is -0.295. The highest BCUT2D eigenvalue weighted by Crippen LogP contribution is 2.43. The molecule has 0 bridgehead atoms. The zero-order valence-corrected chi connectivity index (χ0v) is 19.5. The molecule has 0 unspecified atom stereocenters. The second kappa shape index (κ2) is 9.09. The molecular formula is C25H24Cl2FN3O2. The van der Waals surface area contributed by atoms with Gasteiger partial charge in [-0.3, -0.25) is 4.79 Å². The summed E-state index contributed by atoms with van der Waals surface area (Å²) in [6, 6.07) is 11.8. The molecule has 2 heterocycles. The molecule has 5 rings (SSSR count). The van der Waals surface area contributed by atoms with Crippen LogP contribution in [-0.4, -0.2) is 35.4 Å². The van der Waals surface area contributed by atoms with E-state index in [0.29, 0.717) is 41.1 Å². The first kappa shape index (κ1) is 22.4. The maximum Gasteiger partial charge on any atom is 0.254 e. The Morgan fingerprint density at radius 1 is 1.15 bits per heavy atom. The summed E-state index contributed by atoms with van der Waals surface area (Å²) in [4.78, 5) is 13.3. The first-order valence-electron chi connectivity index (χ1n) is 11.1. The molecule has 1 aliphatic heterocycles. The Balaban J connectivity index is 1.41. The summed E-state index contributed by atoms with van der Waals surface area (Å²) in [5.41, 5.74) is 2.86. The van der Waals surface area contributed by atoms with Crippen molar-refractivity contribution in [3.05, 3.63) is 81.3 Å². The van der Waals surface area contributed by atoms with Crippen LogP contribution in [0.2, 0.25) is 10.0 Å². The first-order valence-corrected chi connectivity index (χ1v) is 11.9. The lowest BCUT2D eigenvalue weighted by atomic mass is 9.74. The number of carbonyl (C=O) groups excluding carboxylic acids is 1. The topological polar surface area (TPSA) is 56.1 Å². The van der Waals surface area contributed by atoms with Crippen LogP contribution in [0.3, 0.4) is 0 Å². The number of carbonyl (C=O) groups is 1. The van der Waals surface area contributed by atoms with E-state index < -0.39 is 0 Å². The Bertz CT molecular complexity index is 1170. The monoisotopic (exact) mass is 487 g/mol. The van der Waals surface area contributed by atoms with Crippen LogP contribution in [0.15, 0.2) is 48.7 Å². The Morgan fingerprint density at radius 3 is 2.55 bits per heavy atom. The van der Waals surface area contributed by atoms with Gasteiger partial charge in [0.1, 0.15) is 5.82 Å². The van der Waals surface area contributed by atoms with Crippen molar-refractivity contribution >= 4 is 29.1 Å². The molecule has 1 aliphatic carbocycles. The quantitative estimate of drug-likeness (QED) is 0.486. The van der Waals surface area contributed by atoms with Crippen molar-refractivity contribution in [3.63, 3.8) is 0 Å². The van der Waals surface area contributed by atoms with Crippen LogP contribution in [0.1, 0.15) is 53.2 Å². The average Bonchev–Trinajstić information content (AvgIpc) is 3.57. The minimum absolute atomic E-state index is 0.166. The van der Waals surface area contributed by atoms with Crippen LogP contribution in [0.5, 0.6) is 0 Å². The summed E-state index contributed by atoms with van der Waals surface area (Å²) in [6.45, 7) is 1.65. The van der Waals surface area contributed by atoms with Gasteiger partial charge in [-0.1, -0.05) is 35.3 Å². The van der Waals surface area contributed by atoms with E-state index in [4.69, 9.17) is 27.9 Å². The van der Waals surface area contributed by atoms with Gasteiger partial charge < -0.3 is 10.1 Å². The van der Waals surface area contributed by atoms with Crippen LogP contribution in [-0.2, 0) is 10.2 Å². The first-order chi connectivity index (χ1) is 16.0. The molecule has 1 N–H and O–H groups in total. The maximum atomic E-state index is 13.5. The van der Waals surface area contributed by atoms with Crippen LogP contribution >= 0.6 is 23.2 Å². The van der Waals surface area contributed by atoms with Crippen LogP contribution < -0.4 is 5.32 Å². The summed E-state index contributed by atoms with van der Waals surface area (Å²) in [5, 5.41) is 8.67. The van der Waals surface area contributed by atoms with Gasteiger partial charge in [-0.05, 0) is 61.6 Å². The summed E-state index contributed by atoms with van der Waals surface area (Å²) in [5.74, 6) is -0.164. The summed E-state index contributed by atoms with van der Waals surface area (Å²) in [6.07, 6.45) is 5.15. The summed E-state index contributed by atoms with van der Waals surface area (Å²) in [7, 11) is 0. The highest BCUT2D eigenvalue weighted by atomic mass is 35.5. The number of nitrogens with one attached hydrogen (secondary N) is 1. The van der Waals surface area contributed by atoms with Gasteiger partial charge in [0.25, 0.3) is 5.91 Å². The predicted molar refractivity (Wildman–Crippen MR) is 126 cm³/mol. The van der Waals surface area contributed by atoms with Gasteiger partial charge in [0.05, 0.1) is 28.2 Å². The van der Waals surface area contributed by atoms with Gasteiger partial charge in [-0.2, -0.15) is 5.10 Å². The van der Waals surface area contributed by atoms with Crippen LogP contribution in [0.25, 0.3) is 5.69 Å². The molecule has 5 nitrogen and oxygen atoms in total. The SMILES string of the molecule is O=C(NCC1(c2ccc(F)cc2)CCOCC1)c1cnn(-c2ccc(Cl)cc2Cl)c1C1CC1. The Morgan fingerprint density at radius 2 is 1.88 bits per heavy atom. The molecule has 1 saturated carbocycles. The van der Waals surface area contributed by atoms with E-state index in [9.17, 15) is 9.18 Å². The molecule has 1 amide bonds. The number of halogens is 3.